The summed E-state index contributed by atoms with van der Waals surface area (Å²) in [4.78, 5) is 0. The Morgan fingerprint density at radius 2 is 1.88 bits per heavy atom. The average molecular weight is 245 g/mol. The first kappa shape index (κ1) is 11.7. The molecule has 0 aliphatic carbocycles. The second kappa shape index (κ2) is 5.51. The number of benzene rings is 2. The van der Waals surface area contributed by atoms with E-state index in [0.29, 0.717) is 5.02 Å². The third-order valence-corrected chi connectivity index (χ3v) is 2.54. The van der Waals surface area contributed by atoms with Gasteiger partial charge in [-0.15, -0.1) is 0 Å². The Morgan fingerprint density at radius 1 is 1.12 bits per heavy atom. The summed E-state index contributed by atoms with van der Waals surface area (Å²) in [7, 11) is 0. The Morgan fingerprint density at radius 3 is 2.59 bits per heavy atom. The van der Waals surface area contributed by atoms with Crippen LogP contribution in [0.1, 0.15) is 11.1 Å². The number of hydrazone groups is 1. The van der Waals surface area contributed by atoms with Crippen molar-refractivity contribution >= 4 is 23.5 Å². The highest BCUT2D eigenvalue weighted by Crippen LogP contribution is 2.14. The highest BCUT2D eigenvalue weighted by molar-refractivity contribution is 6.30. The van der Waals surface area contributed by atoms with Crippen LogP contribution in [0.3, 0.4) is 0 Å². The molecule has 0 aliphatic heterocycles. The lowest BCUT2D eigenvalue weighted by atomic mass is 10.2. The number of hydrogen-bond donors (Lipinski definition) is 1. The molecule has 0 spiro atoms. The van der Waals surface area contributed by atoms with Crippen molar-refractivity contribution in [3.05, 3.63) is 64.7 Å². The Kier molecular flexibility index (Phi) is 3.78. The van der Waals surface area contributed by atoms with E-state index in [1.54, 1.807) is 6.21 Å². The zero-order chi connectivity index (χ0) is 12.1. The van der Waals surface area contributed by atoms with Crippen molar-refractivity contribution in [2.45, 2.75) is 6.92 Å². The summed E-state index contributed by atoms with van der Waals surface area (Å²) in [6.45, 7) is 2.06. The van der Waals surface area contributed by atoms with Gasteiger partial charge in [0.25, 0.3) is 0 Å². The van der Waals surface area contributed by atoms with Gasteiger partial charge >= 0.3 is 0 Å². The molecule has 17 heavy (non-hydrogen) atoms. The first-order chi connectivity index (χ1) is 8.24. The largest absolute Gasteiger partial charge is 0.278 e. The molecule has 0 saturated heterocycles. The quantitative estimate of drug-likeness (QED) is 0.638. The average Bonchev–Trinajstić information content (AvgIpc) is 2.32. The van der Waals surface area contributed by atoms with Gasteiger partial charge < -0.3 is 0 Å². The van der Waals surface area contributed by atoms with Gasteiger partial charge in [0.1, 0.15) is 0 Å². The zero-order valence-corrected chi connectivity index (χ0v) is 10.3. The van der Waals surface area contributed by atoms with Crippen LogP contribution in [0, 0.1) is 6.92 Å². The van der Waals surface area contributed by atoms with E-state index in [2.05, 4.69) is 29.6 Å². The predicted molar refractivity (Wildman–Crippen MR) is 73.8 cm³/mol. The van der Waals surface area contributed by atoms with Crippen LogP contribution in [-0.4, -0.2) is 6.21 Å². The molecular formula is C14H13ClN2. The minimum absolute atomic E-state index is 0.695. The van der Waals surface area contributed by atoms with E-state index < -0.39 is 0 Å². The van der Waals surface area contributed by atoms with Crippen molar-refractivity contribution in [3.8, 4) is 0 Å². The van der Waals surface area contributed by atoms with Gasteiger partial charge in [0, 0.05) is 5.02 Å². The molecule has 0 fully saturated rings. The molecule has 86 valence electrons. The topological polar surface area (TPSA) is 24.4 Å². The maximum atomic E-state index is 5.87. The number of rotatable bonds is 3. The predicted octanol–water partition coefficient (Wildman–Crippen LogP) is 4.09. The fourth-order valence-electron chi connectivity index (χ4n) is 1.39. The zero-order valence-electron chi connectivity index (χ0n) is 9.52. The van der Waals surface area contributed by atoms with Crippen molar-refractivity contribution in [2.75, 3.05) is 5.43 Å². The Labute approximate surface area is 106 Å². The van der Waals surface area contributed by atoms with Gasteiger partial charge in [0.05, 0.1) is 11.9 Å². The third kappa shape index (κ3) is 3.61. The molecule has 1 N–H and O–H groups in total. The van der Waals surface area contributed by atoms with Crippen LogP contribution in [0.4, 0.5) is 5.69 Å². The fraction of sp³-hybridized carbons (Fsp3) is 0.0714. The van der Waals surface area contributed by atoms with Crippen LogP contribution in [-0.2, 0) is 0 Å². The smallest absolute Gasteiger partial charge is 0.0576 e. The molecule has 0 bridgehead atoms. The van der Waals surface area contributed by atoms with E-state index in [4.69, 9.17) is 11.6 Å². The molecule has 2 aromatic rings. The molecule has 0 heterocycles. The van der Waals surface area contributed by atoms with Crippen LogP contribution in [0.2, 0.25) is 5.02 Å². The molecule has 0 saturated carbocycles. The number of hydrogen-bond acceptors (Lipinski definition) is 2. The second-order valence-corrected chi connectivity index (χ2v) is 4.23. The summed E-state index contributed by atoms with van der Waals surface area (Å²) >= 11 is 5.87. The molecule has 0 radical (unpaired) electrons. The molecular weight excluding hydrogens is 232 g/mol. The number of aryl methyl sites for hydroxylation is 1. The summed E-state index contributed by atoms with van der Waals surface area (Å²) in [5.41, 5.74) is 6.11. The maximum absolute atomic E-state index is 5.87. The van der Waals surface area contributed by atoms with E-state index >= 15 is 0 Å². The second-order valence-electron chi connectivity index (χ2n) is 3.79. The molecule has 0 aliphatic rings. The van der Waals surface area contributed by atoms with Gasteiger partial charge in [0.2, 0.25) is 0 Å². The van der Waals surface area contributed by atoms with Gasteiger partial charge in [-0.3, -0.25) is 5.43 Å². The number of anilines is 1. The summed E-state index contributed by atoms with van der Waals surface area (Å²) in [6.07, 6.45) is 1.78. The lowest BCUT2D eigenvalue weighted by molar-refractivity contribution is 1.35. The van der Waals surface area contributed by atoms with Crippen LogP contribution in [0.25, 0.3) is 0 Å². The summed E-state index contributed by atoms with van der Waals surface area (Å²) in [5.74, 6) is 0. The van der Waals surface area contributed by atoms with Crippen molar-refractivity contribution in [1.82, 2.24) is 0 Å². The molecule has 0 amide bonds. The first-order valence-electron chi connectivity index (χ1n) is 5.35. The van der Waals surface area contributed by atoms with Gasteiger partial charge in [-0.05, 0) is 30.7 Å². The summed E-state index contributed by atoms with van der Waals surface area (Å²) in [6, 6.07) is 15.6. The monoisotopic (exact) mass is 244 g/mol. The van der Waals surface area contributed by atoms with Gasteiger partial charge in [-0.2, -0.15) is 5.10 Å². The van der Waals surface area contributed by atoms with Crippen LogP contribution in [0.15, 0.2) is 53.6 Å². The SMILES string of the molecule is Cc1ccc(C=NNc2cccc(Cl)c2)cc1. The number of nitrogens with zero attached hydrogens (tertiary/aromatic N) is 1. The molecule has 2 aromatic carbocycles. The van der Waals surface area contributed by atoms with Gasteiger partial charge in [-0.25, -0.2) is 0 Å². The molecule has 0 unspecified atom stereocenters. The van der Waals surface area contributed by atoms with E-state index in [9.17, 15) is 0 Å². The van der Waals surface area contributed by atoms with Crippen LogP contribution >= 0.6 is 11.6 Å². The highest BCUT2D eigenvalue weighted by atomic mass is 35.5. The standard InChI is InChI=1S/C14H13ClN2/c1-11-5-7-12(8-6-11)10-16-17-14-4-2-3-13(15)9-14/h2-10,17H,1H3. The Hall–Kier alpha value is -1.80. The summed E-state index contributed by atoms with van der Waals surface area (Å²) < 4.78 is 0. The van der Waals surface area contributed by atoms with E-state index in [1.165, 1.54) is 5.56 Å². The highest BCUT2D eigenvalue weighted by Gasteiger charge is 1.91. The van der Waals surface area contributed by atoms with E-state index in [-0.39, 0.29) is 0 Å². The number of halogens is 1. The first-order valence-corrected chi connectivity index (χ1v) is 5.73. The Bertz CT molecular complexity index is 518. The van der Waals surface area contributed by atoms with Crippen LogP contribution < -0.4 is 5.43 Å². The summed E-state index contributed by atoms with van der Waals surface area (Å²) in [5, 5.41) is 4.84. The Balaban J connectivity index is 2.00. The molecule has 2 rings (SSSR count). The fourth-order valence-corrected chi connectivity index (χ4v) is 1.58. The van der Waals surface area contributed by atoms with Gasteiger partial charge in [0.15, 0.2) is 0 Å². The van der Waals surface area contributed by atoms with Crippen molar-refractivity contribution in [2.24, 2.45) is 5.10 Å². The van der Waals surface area contributed by atoms with Crippen molar-refractivity contribution in [1.29, 1.82) is 0 Å². The minimum atomic E-state index is 0.695. The van der Waals surface area contributed by atoms with E-state index in [1.807, 2.05) is 36.4 Å². The number of nitrogens with one attached hydrogen (secondary N) is 1. The van der Waals surface area contributed by atoms with Crippen molar-refractivity contribution < 1.29 is 0 Å². The normalized spacial score (nSPS) is 10.7. The van der Waals surface area contributed by atoms with Crippen LogP contribution in [0.5, 0.6) is 0 Å². The molecule has 0 atom stereocenters. The van der Waals surface area contributed by atoms with E-state index in [0.717, 1.165) is 11.3 Å². The molecule has 2 nitrogen and oxygen atoms in total. The van der Waals surface area contributed by atoms with Gasteiger partial charge in [-0.1, -0.05) is 47.5 Å². The maximum Gasteiger partial charge on any atom is 0.0576 e. The molecule has 0 aromatic heterocycles. The molecule has 3 heteroatoms. The lowest BCUT2D eigenvalue weighted by Gasteiger charge is -2.00. The lowest BCUT2D eigenvalue weighted by Crippen LogP contribution is -1.90. The third-order valence-electron chi connectivity index (χ3n) is 2.31. The van der Waals surface area contributed by atoms with Crippen molar-refractivity contribution in [3.63, 3.8) is 0 Å². The minimum Gasteiger partial charge on any atom is -0.278 e.